The van der Waals surface area contributed by atoms with Gasteiger partial charge in [0.25, 0.3) is 0 Å². The molecule has 1 aromatic rings. The lowest BCUT2D eigenvalue weighted by molar-refractivity contribution is 0.128. The molecule has 2 N–H and O–H groups in total. The number of hydrogen-bond donors (Lipinski definition) is 2. The Kier molecular flexibility index (Phi) is 8.28. The lowest BCUT2D eigenvalue weighted by atomic mass is 10.1. The molecule has 140 valence electrons. The van der Waals surface area contributed by atoms with E-state index in [1.807, 2.05) is 12.1 Å². The second kappa shape index (κ2) is 10.5. The maximum atomic E-state index is 6.24. The van der Waals surface area contributed by atoms with E-state index in [1.165, 1.54) is 0 Å². The van der Waals surface area contributed by atoms with Crippen LogP contribution in [-0.2, 0) is 4.74 Å². The number of nitrogens with one attached hydrogen (secondary N) is 2. The molecule has 1 aromatic heterocycles. The van der Waals surface area contributed by atoms with Gasteiger partial charge in [-0.15, -0.1) is 0 Å². The Balaban J connectivity index is 1.69. The number of halogens is 1. The molecule has 0 saturated carbocycles. The maximum absolute atomic E-state index is 6.24. The summed E-state index contributed by atoms with van der Waals surface area (Å²) in [7, 11) is 1.79. The Morgan fingerprint density at radius 3 is 3.04 bits per heavy atom. The number of anilines is 1. The number of guanidine groups is 1. The van der Waals surface area contributed by atoms with Crippen molar-refractivity contribution in [1.82, 2.24) is 15.6 Å². The molecule has 0 bridgehead atoms. The molecular formula is C18H30ClN5O. The SMILES string of the molecule is CN=C(NCCOCCC(C)C)NC1CCN(c2ncccc2Cl)C1. The molecule has 7 heteroatoms. The number of aliphatic imine (C=N–C) groups is 1. The molecule has 1 unspecified atom stereocenters. The molecule has 1 aliphatic heterocycles. The average Bonchev–Trinajstić information content (AvgIpc) is 3.05. The Bertz CT molecular complexity index is 552. The smallest absolute Gasteiger partial charge is 0.191 e. The number of rotatable bonds is 8. The van der Waals surface area contributed by atoms with Crippen LogP contribution in [0, 0.1) is 5.92 Å². The highest BCUT2D eigenvalue weighted by Gasteiger charge is 2.25. The van der Waals surface area contributed by atoms with E-state index in [2.05, 4.69) is 39.4 Å². The van der Waals surface area contributed by atoms with Gasteiger partial charge in [0.2, 0.25) is 0 Å². The summed E-state index contributed by atoms with van der Waals surface area (Å²) < 4.78 is 5.62. The molecule has 0 spiro atoms. The zero-order valence-corrected chi connectivity index (χ0v) is 16.2. The van der Waals surface area contributed by atoms with Gasteiger partial charge in [0.1, 0.15) is 5.82 Å². The summed E-state index contributed by atoms with van der Waals surface area (Å²) in [6.07, 6.45) is 3.90. The largest absolute Gasteiger partial charge is 0.380 e. The van der Waals surface area contributed by atoms with E-state index in [0.29, 0.717) is 23.6 Å². The average molecular weight is 368 g/mol. The molecule has 2 heterocycles. The summed E-state index contributed by atoms with van der Waals surface area (Å²) in [4.78, 5) is 10.9. The third kappa shape index (κ3) is 6.71. The molecule has 2 rings (SSSR count). The zero-order valence-electron chi connectivity index (χ0n) is 15.5. The van der Waals surface area contributed by atoms with E-state index in [4.69, 9.17) is 16.3 Å². The molecule has 1 aliphatic rings. The first-order valence-corrected chi connectivity index (χ1v) is 9.38. The van der Waals surface area contributed by atoms with E-state index < -0.39 is 0 Å². The van der Waals surface area contributed by atoms with Crippen molar-refractivity contribution >= 4 is 23.4 Å². The molecular weight excluding hydrogens is 338 g/mol. The monoisotopic (exact) mass is 367 g/mol. The normalized spacial score (nSPS) is 18.0. The van der Waals surface area contributed by atoms with Crippen LogP contribution in [0.5, 0.6) is 0 Å². The molecule has 1 fully saturated rings. The molecule has 6 nitrogen and oxygen atoms in total. The van der Waals surface area contributed by atoms with Gasteiger partial charge in [0.15, 0.2) is 5.96 Å². The second-order valence-electron chi connectivity index (χ2n) is 6.68. The number of ether oxygens (including phenoxy) is 1. The Labute approximate surface area is 156 Å². The van der Waals surface area contributed by atoms with Gasteiger partial charge in [-0.1, -0.05) is 25.4 Å². The molecule has 1 saturated heterocycles. The van der Waals surface area contributed by atoms with Crippen molar-refractivity contribution in [3.63, 3.8) is 0 Å². The second-order valence-corrected chi connectivity index (χ2v) is 7.09. The van der Waals surface area contributed by atoms with E-state index in [1.54, 1.807) is 13.2 Å². The van der Waals surface area contributed by atoms with Gasteiger partial charge in [-0.05, 0) is 30.9 Å². The van der Waals surface area contributed by atoms with Crippen molar-refractivity contribution in [3.8, 4) is 0 Å². The fourth-order valence-electron chi connectivity index (χ4n) is 2.73. The van der Waals surface area contributed by atoms with E-state index in [-0.39, 0.29) is 0 Å². The predicted octanol–water partition coefficient (Wildman–Crippen LogP) is 2.54. The van der Waals surface area contributed by atoms with Crippen LogP contribution in [0.25, 0.3) is 0 Å². The van der Waals surface area contributed by atoms with Crippen LogP contribution in [0.2, 0.25) is 5.02 Å². The molecule has 0 radical (unpaired) electrons. The van der Waals surface area contributed by atoms with E-state index >= 15 is 0 Å². The summed E-state index contributed by atoms with van der Waals surface area (Å²) in [5.74, 6) is 2.35. The first kappa shape index (κ1) is 19.8. The van der Waals surface area contributed by atoms with Gasteiger partial charge < -0.3 is 20.3 Å². The van der Waals surface area contributed by atoms with Gasteiger partial charge in [-0.3, -0.25) is 4.99 Å². The van der Waals surface area contributed by atoms with Crippen molar-refractivity contribution < 1.29 is 4.74 Å². The van der Waals surface area contributed by atoms with Gasteiger partial charge in [-0.25, -0.2) is 4.98 Å². The minimum Gasteiger partial charge on any atom is -0.380 e. The molecule has 25 heavy (non-hydrogen) atoms. The molecule has 0 aromatic carbocycles. The Morgan fingerprint density at radius 1 is 1.48 bits per heavy atom. The van der Waals surface area contributed by atoms with E-state index in [0.717, 1.165) is 50.9 Å². The highest BCUT2D eigenvalue weighted by Crippen LogP contribution is 2.25. The fraction of sp³-hybridized carbons (Fsp3) is 0.667. The van der Waals surface area contributed by atoms with Crippen LogP contribution in [0.1, 0.15) is 26.7 Å². The van der Waals surface area contributed by atoms with E-state index in [9.17, 15) is 0 Å². The summed E-state index contributed by atoms with van der Waals surface area (Å²) in [5, 5.41) is 7.47. The Morgan fingerprint density at radius 2 is 2.32 bits per heavy atom. The maximum Gasteiger partial charge on any atom is 0.191 e. The van der Waals surface area contributed by atoms with Crippen LogP contribution in [0.4, 0.5) is 5.82 Å². The van der Waals surface area contributed by atoms with Crippen LogP contribution in [-0.4, -0.2) is 56.9 Å². The quantitative estimate of drug-likeness (QED) is 0.420. The van der Waals surface area contributed by atoms with Crippen LogP contribution in [0.15, 0.2) is 23.3 Å². The number of nitrogens with zero attached hydrogens (tertiary/aromatic N) is 3. The van der Waals surface area contributed by atoms with Crippen LogP contribution < -0.4 is 15.5 Å². The highest BCUT2D eigenvalue weighted by molar-refractivity contribution is 6.32. The third-order valence-corrected chi connectivity index (χ3v) is 4.46. The van der Waals surface area contributed by atoms with Crippen molar-refractivity contribution in [2.75, 3.05) is 44.8 Å². The standard InChI is InChI=1S/C18H30ClN5O/c1-14(2)7-11-25-12-9-22-18(20-3)23-15-6-10-24(13-15)17-16(19)5-4-8-21-17/h4-5,8,14-15H,6-7,9-13H2,1-3H3,(H2,20,22,23). The minimum atomic E-state index is 0.325. The lowest BCUT2D eigenvalue weighted by Crippen LogP contribution is -2.45. The molecule has 0 aliphatic carbocycles. The highest BCUT2D eigenvalue weighted by atomic mass is 35.5. The molecule has 0 amide bonds. The topological polar surface area (TPSA) is 61.8 Å². The fourth-order valence-corrected chi connectivity index (χ4v) is 2.97. The van der Waals surface area contributed by atoms with Gasteiger partial charge >= 0.3 is 0 Å². The van der Waals surface area contributed by atoms with Gasteiger partial charge in [-0.2, -0.15) is 0 Å². The lowest BCUT2D eigenvalue weighted by Gasteiger charge is -2.20. The van der Waals surface area contributed by atoms with Crippen LogP contribution in [0.3, 0.4) is 0 Å². The van der Waals surface area contributed by atoms with Gasteiger partial charge in [0, 0.05) is 45.5 Å². The summed E-state index contributed by atoms with van der Waals surface area (Å²) in [6, 6.07) is 4.06. The van der Waals surface area contributed by atoms with Crippen molar-refractivity contribution in [2.45, 2.75) is 32.7 Å². The zero-order chi connectivity index (χ0) is 18.1. The van der Waals surface area contributed by atoms with Crippen LogP contribution >= 0.6 is 11.6 Å². The Hall–Kier alpha value is -1.53. The summed E-state index contributed by atoms with van der Waals surface area (Å²) >= 11 is 6.24. The third-order valence-electron chi connectivity index (χ3n) is 4.17. The summed E-state index contributed by atoms with van der Waals surface area (Å²) in [6.45, 7) is 8.46. The molecule has 1 atom stereocenters. The number of hydrogen-bond acceptors (Lipinski definition) is 4. The van der Waals surface area contributed by atoms with Gasteiger partial charge in [0.05, 0.1) is 11.6 Å². The number of pyridine rings is 1. The van der Waals surface area contributed by atoms with Crippen molar-refractivity contribution in [1.29, 1.82) is 0 Å². The first-order chi connectivity index (χ1) is 12.1. The van der Waals surface area contributed by atoms with Crippen molar-refractivity contribution in [3.05, 3.63) is 23.4 Å². The van der Waals surface area contributed by atoms with Crippen molar-refractivity contribution in [2.24, 2.45) is 10.9 Å². The number of aromatic nitrogens is 1. The first-order valence-electron chi connectivity index (χ1n) is 9.00. The summed E-state index contributed by atoms with van der Waals surface area (Å²) in [5.41, 5.74) is 0. The minimum absolute atomic E-state index is 0.325. The predicted molar refractivity (Wildman–Crippen MR) is 105 cm³/mol.